The number of nitrogens with one attached hydrogen (secondary N) is 1. The molecule has 152 valence electrons. The Balaban J connectivity index is 1.78. The van der Waals surface area contributed by atoms with Gasteiger partial charge < -0.3 is 25.6 Å². The standard InChI is InChI=1S/C20H24N6O3/c1-13(27)12-28-15-5-7-19(23-11-15)29-14-4-6-17(22-2)16(10-14)20(21)24-18-8-9-26(3)25-18/h4-11,13,22,27H,12H2,1-3H3,(H2,21,24,25)/t13-/m1/s1. The number of pyridine rings is 1. The molecule has 0 saturated carbocycles. The van der Waals surface area contributed by atoms with E-state index in [1.165, 1.54) is 6.20 Å². The van der Waals surface area contributed by atoms with Crippen molar-refractivity contribution in [3.8, 4) is 17.4 Å². The second kappa shape index (κ2) is 9.07. The van der Waals surface area contributed by atoms with E-state index in [9.17, 15) is 5.11 Å². The van der Waals surface area contributed by atoms with Crippen LogP contribution in [0.25, 0.3) is 0 Å². The minimum absolute atomic E-state index is 0.200. The Kier molecular flexibility index (Phi) is 6.30. The average molecular weight is 396 g/mol. The molecule has 0 bridgehead atoms. The van der Waals surface area contributed by atoms with Gasteiger partial charge in [-0.2, -0.15) is 5.10 Å². The molecule has 0 unspecified atom stereocenters. The first kappa shape index (κ1) is 20.2. The van der Waals surface area contributed by atoms with Crippen LogP contribution in [0.3, 0.4) is 0 Å². The fourth-order valence-electron chi connectivity index (χ4n) is 2.51. The number of aliphatic hydroxyl groups excluding tert-OH is 1. The molecule has 0 fully saturated rings. The SMILES string of the molecule is CNc1ccc(Oc2ccc(OC[C@@H](C)O)cn2)cc1C(N)=Nc1ccn(C)n1. The molecular formula is C20H24N6O3. The zero-order valence-electron chi connectivity index (χ0n) is 16.5. The zero-order valence-corrected chi connectivity index (χ0v) is 16.5. The highest BCUT2D eigenvalue weighted by Gasteiger charge is 2.10. The van der Waals surface area contributed by atoms with Crippen LogP contribution in [0, 0.1) is 0 Å². The Hall–Kier alpha value is -3.59. The maximum atomic E-state index is 9.27. The number of benzene rings is 1. The number of nitrogens with two attached hydrogens (primary N) is 1. The van der Waals surface area contributed by atoms with E-state index < -0.39 is 6.10 Å². The number of hydrogen-bond acceptors (Lipinski definition) is 7. The van der Waals surface area contributed by atoms with E-state index in [1.807, 2.05) is 19.2 Å². The Morgan fingerprint density at radius 3 is 2.69 bits per heavy atom. The van der Waals surface area contributed by atoms with Crippen molar-refractivity contribution >= 4 is 17.3 Å². The Morgan fingerprint density at radius 1 is 1.28 bits per heavy atom. The van der Waals surface area contributed by atoms with Crippen LogP contribution in [0.4, 0.5) is 11.5 Å². The molecule has 9 heteroatoms. The number of ether oxygens (including phenoxy) is 2. The summed E-state index contributed by atoms with van der Waals surface area (Å²) in [6.45, 7) is 1.85. The maximum Gasteiger partial charge on any atom is 0.219 e. The van der Waals surface area contributed by atoms with Gasteiger partial charge in [-0.25, -0.2) is 9.98 Å². The van der Waals surface area contributed by atoms with Crippen LogP contribution in [0.2, 0.25) is 0 Å². The number of hydrogen-bond donors (Lipinski definition) is 3. The number of rotatable bonds is 8. The molecule has 3 rings (SSSR count). The van der Waals surface area contributed by atoms with E-state index in [4.69, 9.17) is 15.2 Å². The van der Waals surface area contributed by atoms with Crippen LogP contribution in [0.1, 0.15) is 12.5 Å². The number of amidine groups is 1. The number of anilines is 1. The lowest BCUT2D eigenvalue weighted by atomic mass is 10.1. The van der Waals surface area contributed by atoms with Gasteiger partial charge in [0.25, 0.3) is 0 Å². The topological polar surface area (TPSA) is 120 Å². The van der Waals surface area contributed by atoms with Gasteiger partial charge in [-0.3, -0.25) is 4.68 Å². The highest BCUT2D eigenvalue weighted by molar-refractivity contribution is 6.03. The van der Waals surface area contributed by atoms with Crippen LogP contribution in [0.15, 0.2) is 53.8 Å². The van der Waals surface area contributed by atoms with E-state index in [2.05, 4.69) is 20.4 Å². The second-order valence-electron chi connectivity index (χ2n) is 6.40. The monoisotopic (exact) mass is 396 g/mol. The highest BCUT2D eigenvalue weighted by Crippen LogP contribution is 2.27. The molecule has 2 heterocycles. The summed E-state index contributed by atoms with van der Waals surface area (Å²) >= 11 is 0. The predicted molar refractivity (Wildman–Crippen MR) is 111 cm³/mol. The Bertz CT molecular complexity index is 982. The molecule has 1 atom stereocenters. The van der Waals surface area contributed by atoms with Gasteiger partial charge in [0.15, 0.2) is 5.82 Å². The molecule has 4 N–H and O–H groups in total. The first-order valence-electron chi connectivity index (χ1n) is 9.05. The summed E-state index contributed by atoms with van der Waals surface area (Å²) in [6.07, 6.45) is 2.79. The summed E-state index contributed by atoms with van der Waals surface area (Å²) in [7, 11) is 3.62. The van der Waals surface area contributed by atoms with Crippen LogP contribution >= 0.6 is 0 Å². The molecule has 2 aromatic heterocycles. The lowest BCUT2D eigenvalue weighted by Crippen LogP contribution is -2.15. The van der Waals surface area contributed by atoms with Crippen molar-refractivity contribution in [3.63, 3.8) is 0 Å². The van der Waals surface area contributed by atoms with Gasteiger partial charge in [-0.1, -0.05) is 0 Å². The summed E-state index contributed by atoms with van der Waals surface area (Å²) in [6, 6.07) is 10.6. The lowest BCUT2D eigenvalue weighted by Gasteiger charge is -2.12. The van der Waals surface area contributed by atoms with Gasteiger partial charge in [0.2, 0.25) is 5.88 Å². The summed E-state index contributed by atoms with van der Waals surface area (Å²) in [5.74, 6) is 2.35. The minimum atomic E-state index is -0.548. The van der Waals surface area contributed by atoms with E-state index in [-0.39, 0.29) is 6.61 Å². The van der Waals surface area contributed by atoms with Crippen molar-refractivity contribution in [3.05, 3.63) is 54.4 Å². The van der Waals surface area contributed by atoms with Gasteiger partial charge in [-0.05, 0) is 31.2 Å². The van der Waals surface area contributed by atoms with E-state index in [1.54, 1.807) is 49.1 Å². The van der Waals surface area contributed by atoms with Crippen molar-refractivity contribution in [1.82, 2.24) is 14.8 Å². The molecule has 0 amide bonds. The molecular weight excluding hydrogens is 372 g/mol. The Labute approximate surface area is 168 Å². The first-order valence-corrected chi connectivity index (χ1v) is 9.05. The number of nitrogens with zero attached hydrogens (tertiary/aromatic N) is 4. The van der Waals surface area contributed by atoms with Crippen molar-refractivity contribution in [2.75, 3.05) is 19.0 Å². The van der Waals surface area contributed by atoms with E-state index in [0.717, 1.165) is 5.69 Å². The van der Waals surface area contributed by atoms with Gasteiger partial charge >= 0.3 is 0 Å². The molecule has 29 heavy (non-hydrogen) atoms. The summed E-state index contributed by atoms with van der Waals surface area (Å²) < 4.78 is 12.9. The van der Waals surface area contributed by atoms with Crippen LogP contribution in [0.5, 0.6) is 17.4 Å². The molecule has 0 aliphatic carbocycles. The largest absolute Gasteiger partial charge is 0.489 e. The van der Waals surface area contributed by atoms with Gasteiger partial charge in [0, 0.05) is 43.7 Å². The number of aliphatic imine (C=N–C) groups is 1. The highest BCUT2D eigenvalue weighted by atomic mass is 16.5. The van der Waals surface area contributed by atoms with Crippen molar-refractivity contribution in [2.45, 2.75) is 13.0 Å². The van der Waals surface area contributed by atoms with Crippen molar-refractivity contribution in [2.24, 2.45) is 17.8 Å². The third-order valence-corrected chi connectivity index (χ3v) is 3.89. The number of aliphatic hydroxyl groups is 1. The van der Waals surface area contributed by atoms with E-state index in [0.29, 0.717) is 34.6 Å². The van der Waals surface area contributed by atoms with E-state index >= 15 is 0 Å². The minimum Gasteiger partial charge on any atom is -0.489 e. The third kappa shape index (κ3) is 5.45. The number of aromatic nitrogens is 3. The normalized spacial score (nSPS) is 12.5. The lowest BCUT2D eigenvalue weighted by molar-refractivity contribution is 0.122. The van der Waals surface area contributed by atoms with Crippen LogP contribution in [-0.2, 0) is 7.05 Å². The summed E-state index contributed by atoms with van der Waals surface area (Å²) in [5.41, 5.74) is 7.70. The molecule has 0 saturated heterocycles. The predicted octanol–water partition coefficient (Wildman–Crippen LogP) is 2.45. The molecule has 0 aliphatic heterocycles. The molecule has 1 aromatic carbocycles. The zero-order chi connectivity index (χ0) is 20.8. The fourth-order valence-corrected chi connectivity index (χ4v) is 2.51. The third-order valence-electron chi connectivity index (χ3n) is 3.89. The quantitative estimate of drug-likeness (QED) is 0.395. The first-order chi connectivity index (χ1) is 13.9. The molecule has 9 nitrogen and oxygen atoms in total. The van der Waals surface area contributed by atoms with Crippen LogP contribution < -0.4 is 20.5 Å². The summed E-state index contributed by atoms with van der Waals surface area (Å²) in [5, 5.41) is 16.6. The molecule has 0 aliphatic rings. The average Bonchev–Trinajstić information content (AvgIpc) is 3.12. The maximum absolute atomic E-state index is 9.27. The molecule has 0 spiro atoms. The summed E-state index contributed by atoms with van der Waals surface area (Å²) in [4.78, 5) is 8.59. The smallest absolute Gasteiger partial charge is 0.219 e. The van der Waals surface area contributed by atoms with Crippen molar-refractivity contribution < 1.29 is 14.6 Å². The second-order valence-corrected chi connectivity index (χ2v) is 6.40. The van der Waals surface area contributed by atoms with Crippen molar-refractivity contribution in [1.29, 1.82) is 0 Å². The fraction of sp³-hybridized carbons (Fsp3) is 0.250. The van der Waals surface area contributed by atoms with Gasteiger partial charge in [0.05, 0.1) is 12.3 Å². The van der Waals surface area contributed by atoms with Gasteiger partial charge in [0.1, 0.15) is 23.9 Å². The van der Waals surface area contributed by atoms with Gasteiger partial charge in [-0.15, -0.1) is 0 Å². The molecule has 3 aromatic rings. The Morgan fingerprint density at radius 2 is 2.07 bits per heavy atom. The van der Waals surface area contributed by atoms with Crippen LogP contribution in [-0.4, -0.2) is 45.5 Å². The number of aryl methyl sites for hydroxylation is 1. The molecule has 0 radical (unpaired) electrons.